The summed E-state index contributed by atoms with van der Waals surface area (Å²) in [4.78, 5) is 17.1. The monoisotopic (exact) mass is 805 g/mol. The molecule has 0 amide bonds. The highest BCUT2D eigenvalue weighted by molar-refractivity contribution is 6.06. The molecule has 0 radical (unpaired) electrons. The molecule has 2 atom stereocenters. The van der Waals surface area contributed by atoms with Crippen LogP contribution in [0.1, 0.15) is 102 Å². The summed E-state index contributed by atoms with van der Waals surface area (Å²) in [6.07, 6.45) is 14.6. The summed E-state index contributed by atoms with van der Waals surface area (Å²) in [5, 5.41) is 38.8. The quantitative estimate of drug-likeness (QED) is 0.0264. The van der Waals surface area contributed by atoms with E-state index < -0.39 is 12.1 Å². The predicted octanol–water partition coefficient (Wildman–Crippen LogP) is 7.58. The van der Waals surface area contributed by atoms with Gasteiger partial charge in [0.05, 0.1) is 24.9 Å². The number of nitrogens with zero attached hydrogens (tertiary/aromatic N) is 1. The number of carbonyl (C=O) groups excluding carboxylic acids is 1. The summed E-state index contributed by atoms with van der Waals surface area (Å²) in [5.41, 5.74) is 19.1. The maximum Gasteiger partial charge on any atom is 0.161 e. The molecule has 4 aromatic carbocycles. The highest BCUT2D eigenvalue weighted by Crippen LogP contribution is 2.39. The normalized spacial score (nSPS) is 15.3. The first kappa shape index (κ1) is 43.7. The minimum Gasteiger partial charge on any atom is -0.875 e. The fourth-order valence-electron chi connectivity index (χ4n) is 7.90. The Labute approximate surface area is 354 Å². The lowest BCUT2D eigenvalue weighted by Gasteiger charge is -2.27. The molecular formula is C51H57N4O5-. The number of nitrogens with two attached hydrogens (primary N) is 2. The Hall–Kier alpha value is -5.92. The summed E-state index contributed by atoms with van der Waals surface area (Å²) in [7, 11) is 2.00. The first-order valence-corrected chi connectivity index (χ1v) is 21.1. The molecule has 0 spiro atoms. The molecule has 0 unspecified atom stereocenters. The first-order chi connectivity index (χ1) is 29.2. The zero-order chi connectivity index (χ0) is 42.3. The Morgan fingerprint density at radius 2 is 1.73 bits per heavy atom. The molecule has 60 heavy (non-hydrogen) atoms. The lowest BCUT2D eigenvalue weighted by atomic mass is 9.82. The Morgan fingerprint density at radius 1 is 0.933 bits per heavy atom. The van der Waals surface area contributed by atoms with Crippen molar-refractivity contribution < 1.29 is 24.9 Å². The van der Waals surface area contributed by atoms with Crippen molar-refractivity contribution >= 4 is 11.5 Å². The van der Waals surface area contributed by atoms with Gasteiger partial charge >= 0.3 is 0 Å². The number of unbranched alkanes of at least 4 members (excludes halogenated alkanes) is 1. The van der Waals surface area contributed by atoms with Crippen LogP contribution in [-0.4, -0.2) is 41.9 Å². The number of benzene rings is 4. The number of fused-ring (bicyclic) bond motifs is 2. The number of hydrogen-bond donors (Lipinski definition) is 5. The van der Waals surface area contributed by atoms with Gasteiger partial charge in [0.1, 0.15) is 5.75 Å². The largest absolute Gasteiger partial charge is 0.875 e. The van der Waals surface area contributed by atoms with Crippen molar-refractivity contribution in [3.8, 4) is 29.1 Å². The van der Waals surface area contributed by atoms with Gasteiger partial charge in [-0.2, -0.15) is 0 Å². The predicted molar refractivity (Wildman–Crippen MR) is 238 cm³/mol. The summed E-state index contributed by atoms with van der Waals surface area (Å²) < 4.78 is 6.07. The Morgan fingerprint density at radius 3 is 2.53 bits per heavy atom. The summed E-state index contributed by atoms with van der Waals surface area (Å²) >= 11 is 0. The van der Waals surface area contributed by atoms with Crippen LogP contribution < -0.4 is 26.6 Å². The molecule has 0 fully saturated rings. The van der Waals surface area contributed by atoms with Crippen LogP contribution in [-0.2, 0) is 24.1 Å². The van der Waals surface area contributed by atoms with Gasteiger partial charge in [0.15, 0.2) is 17.3 Å². The van der Waals surface area contributed by atoms with Crippen LogP contribution in [0.25, 0.3) is 0 Å². The fraction of sp³-hybridized carbons (Fsp3) is 0.333. The van der Waals surface area contributed by atoms with Crippen LogP contribution in [0.2, 0.25) is 0 Å². The average Bonchev–Trinajstić information content (AvgIpc) is 3.73. The number of phenols is 2. The molecule has 0 saturated heterocycles. The number of allylic oxidation sites excluding steroid dienone is 5. The van der Waals surface area contributed by atoms with Crippen molar-refractivity contribution in [1.29, 1.82) is 0 Å². The Kier molecular flexibility index (Phi) is 15.9. The number of aliphatic imine (C=N–C) groups is 1. The van der Waals surface area contributed by atoms with Crippen molar-refractivity contribution in [2.75, 3.05) is 20.2 Å². The highest BCUT2D eigenvalue weighted by Gasteiger charge is 2.24. The number of ether oxygens (including phenoxy) is 1. The van der Waals surface area contributed by atoms with E-state index in [1.807, 2.05) is 49.5 Å². The molecule has 6 rings (SSSR count). The third-order valence-electron chi connectivity index (χ3n) is 11.4. The van der Waals surface area contributed by atoms with Crippen LogP contribution in [0, 0.1) is 17.8 Å². The molecule has 312 valence electrons. The number of hydrogen-bond acceptors (Lipinski definition) is 9. The highest BCUT2D eigenvalue weighted by atomic mass is 16.5. The number of phenolic OH excluding ortho intramolecular Hbond substituents is 2. The van der Waals surface area contributed by atoms with Gasteiger partial charge in [-0.1, -0.05) is 85.0 Å². The van der Waals surface area contributed by atoms with Gasteiger partial charge in [0, 0.05) is 36.1 Å². The molecule has 0 bridgehead atoms. The smallest absolute Gasteiger partial charge is 0.161 e. The van der Waals surface area contributed by atoms with E-state index in [4.69, 9.17) is 16.2 Å². The molecule has 9 nitrogen and oxygen atoms in total. The fourth-order valence-corrected chi connectivity index (χ4v) is 7.90. The van der Waals surface area contributed by atoms with E-state index in [2.05, 4.69) is 52.5 Å². The van der Waals surface area contributed by atoms with E-state index in [-0.39, 0.29) is 36.1 Å². The standard InChI is InChI=1S/C51H58N4O5/c1-54-28-25-36(16-15-35-9-4-2-5-10-35)11-6-3-7-13-41(56)21-17-37-19-24-48(58)50(32-37)60-30-27-38-18-23-47(57)45(31-38)44-34-49(59)43-26-29-55-46(43)14-8-12-39-33-40(51(52)53)20-22-42(39)44/h2,4-5,7,9-10,13,18-20,22-24,26,29,31-33,36,44,51,54,57-59H,3,6,11,14-17,21,25,27-28,30,34,52-53H2,1H3/p-1/b13-7+,49-43?/t36-,44+/m1/s1. The number of rotatable bonds is 20. The zero-order valence-corrected chi connectivity index (χ0v) is 34.5. The van der Waals surface area contributed by atoms with Crippen molar-refractivity contribution in [3.05, 3.63) is 160 Å². The van der Waals surface area contributed by atoms with Gasteiger partial charge in [-0.05, 0) is 134 Å². The molecule has 1 aliphatic heterocycles. The van der Waals surface area contributed by atoms with E-state index in [0.717, 1.165) is 55.3 Å². The lowest BCUT2D eigenvalue weighted by molar-refractivity contribution is -0.307. The van der Waals surface area contributed by atoms with Crippen molar-refractivity contribution in [3.63, 3.8) is 0 Å². The number of aryl methyl sites for hydroxylation is 2. The van der Waals surface area contributed by atoms with E-state index >= 15 is 0 Å². The maximum absolute atomic E-state index is 13.7. The third-order valence-corrected chi connectivity index (χ3v) is 11.4. The number of ketones is 1. The summed E-state index contributed by atoms with van der Waals surface area (Å²) in [6.45, 7) is 1.26. The topological polar surface area (TPSA) is 166 Å². The minimum absolute atomic E-state index is 0.0174. The average molecular weight is 806 g/mol. The third kappa shape index (κ3) is 12.3. The Bertz CT molecular complexity index is 2280. The zero-order valence-electron chi connectivity index (χ0n) is 34.5. The van der Waals surface area contributed by atoms with E-state index in [1.165, 1.54) is 12.0 Å². The Balaban J connectivity index is 1.04. The van der Waals surface area contributed by atoms with Gasteiger partial charge in [0.25, 0.3) is 0 Å². The summed E-state index contributed by atoms with van der Waals surface area (Å²) in [5.74, 6) is 6.96. The number of aromatic hydroxyl groups is 2. The molecule has 0 saturated carbocycles. The van der Waals surface area contributed by atoms with E-state index in [9.17, 15) is 20.1 Å². The molecule has 0 aromatic heterocycles. The van der Waals surface area contributed by atoms with Gasteiger partial charge in [-0.15, -0.1) is 5.76 Å². The number of nitrogens with one attached hydrogen (secondary N) is 1. The second kappa shape index (κ2) is 21.9. The number of carbonyl (C=O) groups is 1. The van der Waals surface area contributed by atoms with Crippen LogP contribution >= 0.6 is 0 Å². The lowest BCUT2D eigenvalue weighted by Crippen LogP contribution is -2.21. The van der Waals surface area contributed by atoms with E-state index in [0.29, 0.717) is 65.3 Å². The van der Waals surface area contributed by atoms with Crippen molar-refractivity contribution in [2.45, 2.75) is 82.7 Å². The summed E-state index contributed by atoms with van der Waals surface area (Å²) in [6, 6.07) is 26.8. The van der Waals surface area contributed by atoms with Gasteiger partial charge in [-0.25, -0.2) is 0 Å². The van der Waals surface area contributed by atoms with Gasteiger partial charge in [-0.3, -0.25) is 9.79 Å². The molecule has 7 N–H and O–H groups in total. The second-order valence-corrected chi connectivity index (χ2v) is 15.7. The first-order valence-electron chi connectivity index (χ1n) is 21.1. The van der Waals surface area contributed by atoms with Crippen LogP contribution in [0.15, 0.2) is 126 Å². The van der Waals surface area contributed by atoms with Crippen molar-refractivity contribution in [2.24, 2.45) is 22.4 Å². The molecule has 1 aliphatic carbocycles. The minimum atomic E-state index is -0.694. The molecular weight excluding hydrogens is 749 g/mol. The van der Waals surface area contributed by atoms with Crippen LogP contribution in [0.3, 0.4) is 0 Å². The molecule has 4 aromatic rings. The molecule has 9 heteroatoms. The van der Waals surface area contributed by atoms with Crippen LogP contribution in [0.5, 0.6) is 17.2 Å². The van der Waals surface area contributed by atoms with Gasteiger partial charge < -0.3 is 36.8 Å². The maximum atomic E-state index is 13.7. The van der Waals surface area contributed by atoms with Gasteiger partial charge in [0.2, 0.25) is 0 Å². The van der Waals surface area contributed by atoms with E-state index in [1.54, 1.807) is 36.6 Å². The molecule has 1 heterocycles. The molecule has 2 aliphatic rings. The second-order valence-electron chi connectivity index (χ2n) is 15.7. The van der Waals surface area contributed by atoms with Crippen molar-refractivity contribution in [1.82, 2.24) is 5.32 Å². The SMILES string of the molecule is CNCC[C@H](CCC/C=C/C(=O)CCc1ccc(O)c(OCCc2ccc(O)c([C@H]3CC([O-])=C4C=CN=C4CC#Cc4cc(C(N)N)ccc43)c2)c1)CCc1ccccc1. The van der Waals surface area contributed by atoms with Crippen LogP contribution in [0.4, 0.5) is 0 Å².